The molecule has 0 aliphatic carbocycles. The second-order valence-electron chi connectivity index (χ2n) is 7.80. The number of nitrogens with zero attached hydrogens (tertiary/aromatic N) is 2. The number of carbonyl (C=O) groups excluding carboxylic acids is 2. The van der Waals surface area contributed by atoms with E-state index in [1.807, 2.05) is 61.5 Å². The van der Waals surface area contributed by atoms with E-state index in [2.05, 4.69) is 10.6 Å². The van der Waals surface area contributed by atoms with E-state index in [0.717, 1.165) is 16.8 Å². The van der Waals surface area contributed by atoms with E-state index in [-0.39, 0.29) is 11.8 Å². The molecule has 0 spiro atoms. The van der Waals surface area contributed by atoms with Gasteiger partial charge in [-0.15, -0.1) is 0 Å². The Morgan fingerprint density at radius 1 is 0.941 bits per heavy atom. The molecule has 7 nitrogen and oxygen atoms in total. The fourth-order valence-electron chi connectivity index (χ4n) is 3.52. The number of hydrogen-bond donors (Lipinski definition) is 2. The molecule has 0 unspecified atom stereocenters. The summed E-state index contributed by atoms with van der Waals surface area (Å²) in [6.45, 7) is 3.79. The van der Waals surface area contributed by atoms with Crippen molar-refractivity contribution in [3.8, 4) is 22.7 Å². The Labute approximate surface area is 198 Å². The molecule has 2 amide bonds. The van der Waals surface area contributed by atoms with Crippen LogP contribution in [0.25, 0.3) is 16.9 Å². The molecule has 34 heavy (non-hydrogen) atoms. The Morgan fingerprint density at radius 2 is 1.71 bits per heavy atom. The van der Waals surface area contributed by atoms with Crippen LogP contribution in [0.2, 0.25) is 0 Å². The van der Waals surface area contributed by atoms with E-state index < -0.39 is 0 Å². The Balaban J connectivity index is 1.71. The minimum Gasteiger partial charge on any atom is -0.496 e. The minimum absolute atomic E-state index is 0.114. The van der Waals surface area contributed by atoms with Crippen LogP contribution in [0.3, 0.4) is 0 Å². The number of anilines is 2. The first kappa shape index (κ1) is 22.8. The molecule has 2 N–H and O–H groups in total. The Morgan fingerprint density at radius 3 is 2.44 bits per heavy atom. The molecule has 4 aromatic rings. The van der Waals surface area contributed by atoms with Gasteiger partial charge in [0.05, 0.1) is 18.5 Å². The van der Waals surface area contributed by atoms with Gasteiger partial charge in [-0.25, -0.2) is 4.68 Å². The molecule has 1 heterocycles. The molecule has 172 valence electrons. The van der Waals surface area contributed by atoms with Gasteiger partial charge in [0.15, 0.2) is 0 Å². The van der Waals surface area contributed by atoms with E-state index in [4.69, 9.17) is 9.84 Å². The molecule has 0 bridgehead atoms. The number of benzene rings is 3. The number of para-hydroxylation sites is 1. The molecular weight excluding hydrogens is 428 g/mol. The van der Waals surface area contributed by atoms with Crippen LogP contribution in [-0.2, 0) is 4.79 Å². The third-order valence-electron chi connectivity index (χ3n) is 5.34. The zero-order valence-electron chi connectivity index (χ0n) is 19.3. The number of methoxy groups -OCH3 is 1. The third-order valence-corrected chi connectivity index (χ3v) is 5.34. The van der Waals surface area contributed by atoms with Gasteiger partial charge in [-0.1, -0.05) is 42.8 Å². The van der Waals surface area contributed by atoms with Crippen LogP contribution < -0.4 is 15.4 Å². The molecule has 0 aliphatic heterocycles. The Kier molecular flexibility index (Phi) is 6.73. The van der Waals surface area contributed by atoms with Crippen molar-refractivity contribution in [1.29, 1.82) is 0 Å². The van der Waals surface area contributed by atoms with E-state index >= 15 is 0 Å². The molecular formula is C27H26N4O3. The second-order valence-corrected chi connectivity index (χ2v) is 7.80. The number of amides is 2. The highest BCUT2D eigenvalue weighted by atomic mass is 16.5. The van der Waals surface area contributed by atoms with E-state index in [1.165, 1.54) is 0 Å². The first-order chi connectivity index (χ1) is 16.5. The van der Waals surface area contributed by atoms with Gasteiger partial charge in [0, 0.05) is 29.3 Å². The number of hydrogen-bond acceptors (Lipinski definition) is 4. The largest absolute Gasteiger partial charge is 0.496 e. The average molecular weight is 455 g/mol. The normalized spacial score (nSPS) is 10.6. The Hall–Kier alpha value is -4.39. The molecule has 0 atom stereocenters. The standard InChI is InChI=1S/C27H26N4O3/c1-4-26(32)28-20-9-7-8-19(16-20)27(33)29-25-17-23(22-10-5-6-11-24(22)34-3)30-31(25)21-14-12-18(2)13-15-21/h5-17H,4H2,1-3H3,(H,28,32)(H,29,33). The summed E-state index contributed by atoms with van der Waals surface area (Å²) in [5.74, 6) is 0.773. The zero-order chi connectivity index (χ0) is 24.1. The van der Waals surface area contributed by atoms with Crippen molar-refractivity contribution in [2.75, 3.05) is 17.7 Å². The van der Waals surface area contributed by atoms with Crippen molar-refractivity contribution in [3.05, 3.63) is 90.0 Å². The van der Waals surface area contributed by atoms with Gasteiger partial charge in [0.25, 0.3) is 5.91 Å². The van der Waals surface area contributed by atoms with Gasteiger partial charge in [-0.3, -0.25) is 9.59 Å². The van der Waals surface area contributed by atoms with Crippen molar-refractivity contribution >= 4 is 23.3 Å². The van der Waals surface area contributed by atoms with E-state index in [1.54, 1.807) is 43.0 Å². The Bertz CT molecular complexity index is 1330. The summed E-state index contributed by atoms with van der Waals surface area (Å²) >= 11 is 0. The second kappa shape index (κ2) is 10.0. The predicted molar refractivity (Wildman–Crippen MR) is 134 cm³/mol. The maximum atomic E-state index is 13.1. The molecule has 0 saturated heterocycles. The monoisotopic (exact) mass is 454 g/mol. The summed E-state index contributed by atoms with van der Waals surface area (Å²) < 4.78 is 7.20. The van der Waals surface area contributed by atoms with Crippen molar-refractivity contribution in [2.45, 2.75) is 20.3 Å². The first-order valence-corrected chi connectivity index (χ1v) is 11.0. The fraction of sp³-hybridized carbons (Fsp3) is 0.148. The average Bonchev–Trinajstić information content (AvgIpc) is 3.28. The van der Waals surface area contributed by atoms with Crippen LogP contribution in [0.4, 0.5) is 11.5 Å². The van der Waals surface area contributed by atoms with Crippen LogP contribution in [0.1, 0.15) is 29.3 Å². The van der Waals surface area contributed by atoms with Crippen molar-refractivity contribution < 1.29 is 14.3 Å². The number of nitrogens with one attached hydrogen (secondary N) is 2. The van der Waals surface area contributed by atoms with Crippen molar-refractivity contribution in [1.82, 2.24) is 9.78 Å². The van der Waals surface area contributed by atoms with Crippen LogP contribution in [-0.4, -0.2) is 28.7 Å². The number of ether oxygens (including phenoxy) is 1. The maximum Gasteiger partial charge on any atom is 0.256 e. The zero-order valence-corrected chi connectivity index (χ0v) is 19.3. The number of aryl methyl sites for hydroxylation is 1. The number of aromatic nitrogens is 2. The lowest BCUT2D eigenvalue weighted by molar-refractivity contribution is -0.115. The minimum atomic E-state index is -0.313. The predicted octanol–water partition coefficient (Wildman–Crippen LogP) is 5.46. The molecule has 7 heteroatoms. The molecule has 0 saturated carbocycles. The third kappa shape index (κ3) is 4.99. The van der Waals surface area contributed by atoms with Gasteiger partial charge in [0.2, 0.25) is 5.91 Å². The summed E-state index contributed by atoms with van der Waals surface area (Å²) in [6, 6.07) is 24.1. The molecule has 3 aromatic carbocycles. The maximum absolute atomic E-state index is 13.1. The van der Waals surface area contributed by atoms with Gasteiger partial charge < -0.3 is 15.4 Å². The van der Waals surface area contributed by atoms with E-state index in [9.17, 15) is 9.59 Å². The molecule has 0 radical (unpaired) electrons. The highest BCUT2D eigenvalue weighted by molar-refractivity contribution is 6.05. The lowest BCUT2D eigenvalue weighted by atomic mass is 10.1. The van der Waals surface area contributed by atoms with Crippen LogP contribution in [0, 0.1) is 6.92 Å². The van der Waals surface area contributed by atoms with Gasteiger partial charge in [-0.2, -0.15) is 5.10 Å². The quantitative estimate of drug-likeness (QED) is 0.388. The summed E-state index contributed by atoms with van der Waals surface area (Å²) in [5.41, 5.74) is 4.40. The fourth-order valence-corrected chi connectivity index (χ4v) is 3.52. The van der Waals surface area contributed by atoms with Crippen molar-refractivity contribution in [2.24, 2.45) is 0 Å². The SMILES string of the molecule is CCC(=O)Nc1cccc(C(=O)Nc2cc(-c3ccccc3OC)nn2-c2ccc(C)cc2)c1. The van der Waals surface area contributed by atoms with Crippen molar-refractivity contribution in [3.63, 3.8) is 0 Å². The highest BCUT2D eigenvalue weighted by Crippen LogP contribution is 2.32. The number of rotatable bonds is 7. The summed E-state index contributed by atoms with van der Waals surface area (Å²) in [6.07, 6.45) is 0.359. The van der Waals surface area contributed by atoms with Gasteiger partial charge >= 0.3 is 0 Å². The smallest absolute Gasteiger partial charge is 0.256 e. The lowest BCUT2D eigenvalue weighted by Crippen LogP contribution is -2.16. The lowest BCUT2D eigenvalue weighted by Gasteiger charge is -2.10. The molecule has 1 aromatic heterocycles. The van der Waals surface area contributed by atoms with Gasteiger partial charge in [0.1, 0.15) is 11.6 Å². The van der Waals surface area contributed by atoms with Crippen LogP contribution in [0.15, 0.2) is 78.9 Å². The summed E-state index contributed by atoms with van der Waals surface area (Å²) in [5, 5.41) is 10.5. The molecule has 0 aliphatic rings. The van der Waals surface area contributed by atoms with E-state index in [0.29, 0.717) is 34.9 Å². The highest BCUT2D eigenvalue weighted by Gasteiger charge is 2.17. The van der Waals surface area contributed by atoms with Crippen LogP contribution in [0.5, 0.6) is 5.75 Å². The summed E-state index contributed by atoms with van der Waals surface area (Å²) in [4.78, 5) is 24.9. The van der Waals surface area contributed by atoms with Crippen LogP contribution >= 0.6 is 0 Å². The summed E-state index contributed by atoms with van der Waals surface area (Å²) in [7, 11) is 1.61. The van der Waals surface area contributed by atoms with Gasteiger partial charge in [-0.05, 0) is 49.4 Å². The molecule has 4 rings (SSSR count). The topological polar surface area (TPSA) is 85.2 Å². The molecule has 0 fully saturated rings. The number of carbonyl (C=O) groups is 2. The first-order valence-electron chi connectivity index (χ1n) is 11.0.